The molecule has 2 aromatic rings. The molecule has 2 aromatic carbocycles. The molecule has 36 heavy (non-hydrogen) atoms. The van der Waals surface area contributed by atoms with Crippen molar-refractivity contribution in [2.24, 2.45) is 11.3 Å². The number of carbonyl (C=O) groups excluding carboxylic acids is 2. The van der Waals surface area contributed by atoms with Crippen LogP contribution in [0.2, 0.25) is 0 Å². The monoisotopic (exact) mass is 487 g/mol. The van der Waals surface area contributed by atoms with Crippen LogP contribution in [0.4, 0.5) is 0 Å². The predicted molar refractivity (Wildman–Crippen MR) is 149 cm³/mol. The molecule has 0 heterocycles. The molecule has 3 heteroatoms. The van der Waals surface area contributed by atoms with Gasteiger partial charge in [0.25, 0.3) is 0 Å². The van der Waals surface area contributed by atoms with E-state index in [1.54, 1.807) is 18.1 Å². The molecule has 3 unspecified atom stereocenters. The number of carbonyl (C=O) groups is 2. The maximum atomic E-state index is 12.9. The van der Waals surface area contributed by atoms with Crippen LogP contribution >= 0.6 is 0 Å². The number of Topliss-reactive ketones (excluding diaryl/α,β-unsaturated/α-hetero) is 2. The zero-order valence-corrected chi connectivity index (χ0v) is 23.1. The Morgan fingerprint density at radius 3 is 2.42 bits per heavy atom. The predicted octanol–water partition coefficient (Wildman–Crippen LogP) is 7.37. The lowest BCUT2D eigenvalue weighted by Crippen LogP contribution is -2.53. The summed E-state index contributed by atoms with van der Waals surface area (Å²) in [6.45, 7) is 13.7. The molecule has 3 atom stereocenters. The first kappa shape index (κ1) is 26.8. The highest BCUT2D eigenvalue weighted by atomic mass is 16.1. The van der Waals surface area contributed by atoms with Gasteiger partial charge < -0.3 is 4.90 Å². The van der Waals surface area contributed by atoms with Crippen LogP contribution in [-0.4, -0.2) is 36.1 Å². The summed E-state index contributed by atoms with van der Waals surface area (Å²) >= 11 is 0. The molecule has 4 rings (SSSR count). The van der Waals surface area contributed by atoms with Gasteiger partial charge in [-0.25, -0.2) is 0 Å². The van der Waals surface area contributed by atoms with Crippen molar-refractivity contribution in [1.29, 1.82) is 0 Å². The average Bonchev–Trinajstić information content (AvgIpc) is 2.85. The molecule has 194 valence electrons. The van der Waals surface area contributed by atoms with Gasteiger partial charge in [0, 0.05) is 38.0 Å². The first-order chi connectivity index (χ1) is 17.1. The van der Waals surface area contributed by atoms with Gasteiger partial charge in [-0.3, -0.25) is 9.59 Å². The Balaban J connectivity index is 1.54. The molecule has 0 bridgehead atoms. The Morgan fingerprint density at radius 2 is 1.72 bits per heavy atom. The van der Waals surface area contributed by atoms with Gasteiger partial charge in [-0.1, -0.05) is 82.6 Å². The number of fused-ring (bicyclic) bond motifs is 3. The highest BCUT2D eigenvalue weighted by Gasteiger charge is 2.52. The third kappa shape index (κ3) is 5.67. The summed E-state index contributed by atoms with van der Waals surface area (Å²) in [4.78, 5) is 27.2. The van der Waals surface area contributed by atoms with Crippen molar-refractivity contribution in [1.82, 2.24) is 4.90 Å². The van der Waals surface area contributed by atoms with Gasteiger partial charge in [-0.2, -0.15) is 0 Å². The molecule has 0 aliphatic heterocycles. The molecule has 2 aliphatic rings. The van der Waals surface area contributed by atoms with E-state index in [4.69, 9.17) is 0 Å². The van der Waals surface area contributed by atoms with Crippen molar-refractivity contribution in [3.05, 3.63) is 70.8 Å². The lowest BCUT2D eigenvalue weighted by atomic mass is 9.49. The normalized spacial score (nSPS) is 25.5. The Kier molecular flexibility index (Phi) is 8.19. The summed E-state index contributed by atoms with van der Waals surface area (Å²) < 4.78 is 0. The maximum absolute atomic E-state index is 12.9. The Morgan fingerprint density at radius 1 is 1.00 bits per heavy atom. The number of ketones is 2. The van der Waals surface area contributed by atoms with E-state index in [0.717, 1.165) is 25.1 Å². The number of aryl methyl sites for hydroxylation is 1. The Bertz CT molecular complexity index is 1070. The number of hydrogen-bond acceptors (Lipinski definition) is 3. The molecular weight excluding hydrogens is 442 g/mol. The van der Waals surface area contributed by atoms with E-state index in [1.165, 1.54) is 31.2 Å². The summed E-state index contributed by atoms with van der Waals surface area (Å²) in [7, 11) is 0. The molecule has 0 amide bonds. The van der Waals surface area contributed by atoms with Gasteiger partial charge in [-0.15, -0.1) is 0 Å². The highest BCUT2D eigenvalue weighted by molar-refractivity contribution is 5.96. The van der Waals surface area contributed by atoms with E-state index in [2.05, 4.69) is 50.8 Å². The van der Waals surface area contributed by atoms with Crippen LogP contribution in [0, 0.1) is 11.3 Å². The number of hydrogen-bond donors (Lipinski definition) is 0. The molecular formula is C33H45NO2. The fourth-order valence-corrected chi connectivity index (χ4v) is 7.32. The molecule has 0 aromatic heterocycles. The fraction of sp³-hybridized carbons (Fsp3) is 0.576. The largest absolute Gasteiger partial charge is 0.302 e. The minimum absolute atomic E-state index is 0.175. The van der Waals surface area contributed by atoms with Crippen molar-refractivity contribution in [3.63, 3.8) is 0 Å². The van der Waals surface area contributed by atoms with Gasteiger partial charge in [0.05, 0.1) is 0 Å². The van der Waals surface area contributed by atoms with Crippen LogP contribution < -0.4 is 0 Å². The summed E-state index contributed by atoms with van der Waals surface area (Å²) in [6, 6.07) is 16.9. The van der Waals surface area contributed by atoms with Crippen LogP contribution in [0.3, 0.4) is 0 Å². The summed E-state index contributed by atoms with van der Waals surface area (Å²) in [5.74, 6) is 1.59. The van der Waals surface area contributed by atoms with Gasteiger partial charge in [0.2, 0.25) is 0 Å². The standard InChI is InChI=1S/C33H45NO2/c1-24(2)27-12-14-29-28(22-27)13-15-31-32(4,18-9-19-33(29,31)5)23-34(20-16-25(3)35)21-17-30(36)26-10-7-6-8-11-26/h6-8,10-12,14,22,24,31H,9,13,15-21,23H2,1-5H3. The molecule has 0 radical (unpaired) electrons. The van der Waals surface area contributed by atoms with E-state index in [0.29, 0.717) is 31.2 Å². The zero-order valence-electron chi connectivity index (χ0n) is 23.1. The minimum atomic E-state index is 0.175. The minimum Gasteiger partial charge on any atom is -0.302 e. The zero-order chi connectivity index (χ0) is 25.9. The second kappa shape index (κ2) is 11.0. The second-order valence-corrected chi connectivity index (χ2v) is 12.4. The molecule has 1 fully saturated rings. The van der Waals surface area contributed by atoms with Crippen molar-refractivity contribution in [2.45, 2.75) is 90.9 Å². The lowest BCUT2D eigenvalue weighted by Gasteiger charge is -2.56. The number of rotatable bonds is 10. The summed E-state index contributed by atoms with van der Waals surface area (Å²) in [5, 5.41) is 0. The van der Waals surface area contributed by atoms with Gasteiger partial charge >= 0.3 is 0 Å². The summed E-state index contributed by atoms with van der Waals surface area (Å²) in [6.07, 6.45) is 7.14. The molecule has 0 saturated heterocycles. The second-order valence-electron chi connectivity index (χ2n) is 12.4. The summed E-state index contributed by atoms with van der Waals surface area (Å²) in [5.41, 5.74) is 5.74. The van der Waals surface area contributed by atoms with Crippen molar-refractivity contribution >= 4 is 11.6 Å². The Hall–Kier alpha value is -2.26. The van der Waals surface area contributed by atoms with Crippen LogP contribution in [0.1, 0.15) is 106 Å². The highest BCUT2D eigenvalue weighted by Crippen LogP contribution is 2.57. The fourth-order valence-electron chi connectivity index (χ4n) is 7.32. The topological polar surface area (TPSA) is 37.4 Å². The molecule has 3 nitrogen and oxygen atoms in total. The van der Waals surface area contributed by atoms with Gasteiger partial charge in [-0.05, 0) is 72.0 Å². The first-order valence-electron chi connectivity index (χ1n) is 14.1. The molecule has 0 N–H and O–H groups in total. The lowest BCUT2D eigenvalue weighted by molar-refractivity contribution is -0.117. The van der Waals surface area contributed by atoms with Crippen LogP contribution in [0.15, 0.2) is 48.5 Å². The van der Waals surface area contributed by atoms with E-state index >= 15 is 0 Å². The first-order valence-corrected chi connectivity index (χ1v) is 14.1. The average molecular weight is 488 g/mol. The van der Waals surface area contributed by atoms with Gasteiger partial charge in [0.15, 0.2) is 5.78 Å². The van der Waals surface area contributed by atoms with Gasteiger partial charge in [0.1, 0.15) is 5.78 Å². The molecule has 1 saturated carbocycles. The van der Waals surface area contributed by atoms with E-state index in [1.807, 2.05) is 30.3 Å². The smallest absolute Gasteiger partial charge is 0.164 e. The van der Waals surface area contributed by atoms with Crippen molar-refractivity contribution < 1.29 is 9.59 Å². The third-order valence-corrected chi connectivity index (χ3v) is 9.28. The molecule has 2 aliphatic carbocycles. The third-order valence-electron chi connectivity index (χ3n) is 9.28. The van der Waals surface area contributed by atoms with Crippen molar-refractivity contribution in [2.75, 3.05) is 19.6 Å². The van der Waals surface area contributed by atoms with Crippen LogP contribution in [-0.2, 0) is 16.6 Å². The van der Waals surface area contributed by atoms with Crippen LogP contribution in [0.25, 0.3) is 0 Å². The maximum Gasteiger partial charge on any atom is 0.164 e. The van der Waals surface area contributed by atoms with E-state index in [-0.39, 0.29) is 22.4 Å². The van der Waals surface area contributed by atoms with Crippen LogP contribution in [0.5, 0.6) is 0 Å². The Labute approximate surface area is 218 Å². The quantitative estimate of drug-likeness (QED) is 0.328. The van der Waals surface area contributed by atoms with E-state index in [9.17, 15) is 9.59 Å². The molecule has 0 spiro atoms. The number of nitrogens with zero attached hydrogens (tertiary/aromatic N) is 1. The number of benzene rings is 2. The van der Waals surface area contributed by atoms with Crippen molar-refractivity contribution in [3.8, 4) is 0 Å². The SMILES string of the molecule is CC(=O)CCN(CCC(=O)c1ccccc1)CC1(C)CCCC2(C)c3ccc(C(C)C)cc3CCC12. The van der Waals surface area contributed by atoms with E-state index < -0.39 is 0 Å².